The number of hydrogen-bond acceptors (Lipinski definition) is 2. The molecule has 0 radical (unpaired) electrons. The summed E-state index contributed by atoms with van der Waals surface area (Å²) >= 11 is 0. The quantitative estimate of drug-likeness (QED) is 0.843. The zero-order valence-corrected chi connectivity index (χ0v) is 11.0. The number of rotatable bonds is 3. The average Bonchev–Trinajstić information content (AvgIpc) is 2.47. The van der Waals surface area contributed by atoms with E-state index in [1.807, 2.05) is 24.3 Å². The van der Waals surface area contributed by atoms with Gasteiger partial charge in [0.1, 0.15) is 0 Å². The number of fused-ring (bicyclic) bond motifs is 1. The van der Waals surface area contributed by atoms with Gasteiger partial charge >= 0.3 is 0 Å². The summed E-state index contributed by atoms with van der Waals surface area (Å²) in [7, 11) is 0. The first-order chi connectivity index (χ1) is 9.33. The van der Waals surface area contributed by atoms with Gasteiger partial charge in [0.2, 0.25) is 0 Å². The van der Waals surface area contributed by atoms with Crippen LogP contribution in [0.3, 0.4) is 0 Å². The molecule has 1 atom stereocenters. The maximum Gasteiger partial charge on any atom is 0.0832 e. The summed E-state index contributed by atoms with van der Waals surface area (Å²) in [6.45, 7) is 0.652. The van der Waals surface area contributed by atoms with Crippen LogP contribution < -0.4 is 5.73 Å². The smallest absolute Gasteiger partial charge is 0.0832 e. The van der Waals surface area contributed by atoms with Gasteiger partial charge in [0.25, 0.3) is 0 Å². The molecule has 2 nitrogen and oxygen atoms in total. The molecule has 0 spiro atoms. The number of aryl methyl sites for hydroxylation is 1. The van der Waals surface area contributed by atoms with Crippen LogP contribution in [0.2, 0.25) is 0 Å². The molecule has 3 rings (SSSR count). The highest BCUT2D eigenvalue weighted by Gasteiger charge is 2.19. The second-order valence-electron chi connectivity index (χ2n) is 5.13. The van der Waals surface area contributed by atoms with Gasteiger partial charge in [-0.2, -0.15) is 0 Å². The molecule has 0 aromatic heterocycles. The second-order valence-corrected chi connectivity index (χ2v) is 5.13. The fourth-order valence-corrected chi connectivity index (χ4v) is 2.69. The highest BCUT2D eigenvalue weighted by Crippen LogP contribution is 2.32. The van der Waals surface area contributed by atoms with E-state index in [1.54, 1.807) is 0 Å². The van der Waals surface area contributed by atoms with Crippen LogP contribution in [0.25, 0.3) is 0 Å². The van der Waals surface area contributed by atoms with E-state index in [0.717, 1.165) is 12.1 Å². The molecule has 1 unspecified atom stereocenters. The minimum Gasteiger partial charge on any atom is -0.399 e. The molecule has 0 aliphatic heterocycles. The number of anilines is 1. The van der Waals surface area contributed by atoms with E-state index in [1.165, 1.54) is 29.5 Å². The minimum absolute atomic E-state index is 0.238. The van der Waals surface area contributed by atoms with Crippen molar-refractivity contribution < 1.29 is 4.74 Å². The molecule has 2 heteroatoms. The van der Waals surface area contributed by atoms with Gasteiger partial charge in [0.05, 0.1) is 12.7 Å². The number of nitrogens with two attached hydrogens (primary N) is 1. The van der Waals surface area contributed by atoms with Crippen molar-refractivity contribution in [1.29, 1.82) is 0 Å². The number of nitrogen functional groups attached to an aromatic ring is 1. The average molecular weight is 253 g/mol. The van der Waals surface area contributed by atoms with E-state index in [4.69, 9.17) is 10.5 Å². The maximum atomic E-state index is 6.09. The van der Waals surface area contributed by atoms with Crippen LogP contribution in [0.5, 0.6) is 0 Å². The normalized spacial score (nSPS) is 18.0. The maximum absolute atomic E-state index is 6.09. The molecule has 19 heavy (non-hydrogen) atoms. The molecule has 1 aliphatic carbocycles. The standard InChI is InChI=1S/C17H19NO/c18-15-10-8-13(9-11-15)12-19-17-7-3-5-14-4-1-2-6-16(14)17/h1-2,4,6,8-11,17H,3,5,7,12,18H2. The molecule has 1 aliphatic rings. The van der Waals surface area contributed by atoms with Crippen LogP contribution in [0.4, 0.5) is 5.69 Å². The van der Waals surface area contributed by atoms with Crippen molar-refractivity contribution in [2.24, 2.45) is 0 Å². The molecule has 0 heterocycles. The molecule has 0 saturated heterocycles. The molecular weight excluding hydrogens is 234 g/mol. The summed E-state index contributed by atoms with van der Waals surface area (Å²) < 4.78 is 6.09. The predicted molar refractivity (Wildman–Crippen MR) is 77.8 cm³/mol. The van der Waals surface area contributed by atoms with E-state index < -0.39 is 0 Å². The van der Waals surface area contributed by atoms with E-state index in [9.17, 15) is 0 Å². The molecule has 2 N–H and O–H groups in total. The molecular formula is C17H19NO. The van der Waals surface area contributed by atoms with Gasteiger partial charge in [0.15, 0.2) is 0 Å². The zero-order valence-electron chi connectivity index (χ0n) is 11.0. The van der Waals surface area contributed by atoms with E-state index in [0.29, 0.717) is 6.61 Å². The SMILES string of the molecule is Nc1ccc(COC2CCCc3ccccc32)cc1. The summed E-state index contributed by atoms with van der Waals surface area (Å²) in [6, 6.07) is 16.5. The first kappa shape index (κ1) is 12.2. The predicted octanol–water partition coefficient (Wildman–Crippen LogP) is 3.86. The summed E-state index contributed by atoms with van der Waals surface area (Å²) in [4.78, 5) is 0. The fourth-order valence-electron chi connectivity index (χ4n) is 2.69. The topological polar surface area (TPSA) is 35.2 Å². The summed E-state index contributed by atoms with van der Waals surface area (Å²) in [5.74, 6) is 0. The molecule has 0 saturated carbocycles. The lowest BCUT2D eigenvalue weighted by Gasteiger charge is -2.25. The molecule has 2 aromatic rings. The largest absolute Gasteiger partial charge is 0.399 e. The van der Waals surface area contributed by atoms with Crippen LogP contribution in [0, 0.1) is 0 Å². The van der Waals surface area contributed by atoms with Crippen LogP contribution in [-0.4, -0.2) is 0 Å². The van der Waals surface area contributed by atoms with Gasteiger partial charge in [-0.3, -0.25) is 0 Å². The lowest BCUT2D eigenvalue weighted by molar-refractivity contribution is 0.0283. The Balaban J connectivity index is 1.69. The van der Waals surface area contributed by atoms with Gasteiger partial charge in [-0.05, 0) is 48.1 Å². The first-order valence-corrected chi connectivity index (χ1v) is 6.87. The van der Waals surface area contributed by atoms with E-state index in [-0.39, 0.29) is 6.10 Å². The highest BCUT2D eigenvalue weighted by atomic mass is 16.5. The second kappa shape index (κ2) is 5.45. The fraction of sp³-hybridized carbons (Fsp3) is 0.294. The van der Waals surface area contributed by atoms with E-state index in [2.05, 4.69) is 24.3 Å². The third-order valence-electron chi connectivity index (χ3n) is 3.75. The van der Waals surface area contributed by atoms with Crippen molar-refractivity contribution in [3.8, 4) is 0 Å². The number of benzene rings is 2. The highest BCUT2D eigenvalue weighted by molar-refractivity contribution is 5.39. The van der Waals surface area contributed by atoms with Crippen LogP contribution in [-0.2, 0) is 17.8 Å². The zero-order chi connectivity index (χ0) is 13.1. The molecule has 2 aromatic carbocycles. The number of ether oxygens (including phenoxy) is 1. The number of hydrogen-bond donors (Lipinski definition) is 1. The van der Waals surface area contributed by atoms with Crippen LogP contribution in [0.1, 0.15) is 35.6 Å². The summed E-state index contributed by atoms with van der Waals surface area (Å²) in [6.07, 6.45) is 3.75. The Bertz CT molecular complexity index is 547. The van der Waals surface area contributed by atoms with Crippen molar-refractivity contribution in [3.05, 3.63) is 65.2 Å². The summed E-state index contributed by atoms with van der Waals surface area (Å²) in [5, 5.41) is 0. The monoisotopic (exact) mass is 253 g/mol. The molecule has 0 bridgehead atoms. The van der Waals surface area contributed by atoms with Gasteiger partial charge < -0.3 is 10.5 Å². The summed E-state index contributed by atoms with van der Waals surface area (Å²) in [5.41, 5.74) is 10.5. The molecule has 0 amide bonds. The molecule has 98 valence electrons. The van der Waals surface area contributed by atoms with Crippen molar-refractivity contribution in [3.63, 3.8) is 0 Å². The Morgan fingerprint density at radius 1 is 1.05 bits per heavy atom. The van der Waals surface area contributed by atoms with Gasteiger partial charge in [-0.15, -0.1) is 0 Å². The van der Waals surface area contributed by atoms with Crippen molar-refractivity contribution in [2.75, 3.05) is 5.73 Å². The van der Waals surface area contributed by atoms with Crippen LogP contribution in [0.15, 0.2) is 48.5 Å². The van der Waals surface area contributed by atoms with Crippen molar-refractivity contribution in [1.82, 2.24) is 0 Å². The van der Waals surface area contributed by atoms with Gasteiger partial charge in [-0.25, -0.2) is 0 Å². The first-order valence-electron chi connectivity index (χ1n) is 6.87. The van der Waals surface area contributed by atoms with Gasteiger partial charge in [-0.1, -0.05) is 36.4 Å². The Kier molecular flexibility index (Phi) is 3.51. The Morgan fingerprint density at radius 2 is 1.84 bits per heavy atom. The third-order valence-corrected chi connectivity index (χ3v) is 3.75. The lowest BCUT2D eigenvalue weighted by atomic mass is 9.89. The third kappa shape index (κ3) is 2.79. The Morgan fingerprint density at radius 3 is 2.68 bits per heavy atom. The Hall–Kier alpha value is -1.80. The van der Waals surface area contributed by atoms with Crippen molar-refractivity contribution in [2.45, 2.75) is 32.0 Å². The van der Waals surface area contributed by atoms with Gasteiger partial charge in [0, 0.05) is 5.69 Å². The van der Waals surface area contributed by atoms with Crippen LogP contribution >= 0.6 is 0 Å². The van der Waals surface area contributed by atoms with Crippen molar-refractivity contribution >= 4 is 5.69 Å². The molecule has 0 fully saturated rings. The Labute approximate surface area is 114 Å². The minimum atomic E-state index is 0.238. The van der Waals surface area contributed by atoms with E-state index >= 15 is 0 Å². The lowest BCUT2D eigenvalue weighted by Crippen LogP contribution is -2.12.